The van der Waals surface area contributed by atoms with Gasteiger partial charge in [-0.1, -0.05) is 23.5 Å². The van der Waals surface area contributed by atoms with E-state index in [1.165, 1.54) is 18.2 Å². The lowest BCUT2D eigenvalue weighted by Crippen LogP contribution is -2.35. The average molecular weight is 475 g/mol. The van der Waals surface area contributed by atoms with Crippen molar-refractivity contribution in [2.75, 3.05) is 5.32 Å². The SMILES string of the molecule is CC(C)N1C(=O)c2ccc(C(=O)Nc3nnc(CN4C(=O)c5ccccc5C4=O)s3)cc2C1=O. The summed E-state index contributed by atoms with van der Waals surface area (Å²) in [5, 5.41) is 11.0. The van der Waals surface area contributed by atoms with E-state index >= 15 is 0 Å². The lowest BCUT2D eigenvalue weighted by atomic mass is 10.1. The van der Waals surface area contributed by atoms with Gasteiger partial charge in [-0.15, -0.1) is 10.2 Å². The van der Waals surface area contributed by atoms with Gasteiger partial charge in [0.05, 0.1) is 28.8 Å². The van der Waals surface area contributed by atoms with Gasteiger partial charge >= 0.3 is 0 Å². The number of amides is 5. The number of fused-ring (bicyclic) bond motifs is 2. The van der Waals surface area contributed by atoms with Crippen LogP contribution in [0, 0.1) is 0 Å². The first-order valence-electron chi connectivity index (χ1n) is 10.4. The molecule has 2 aromatic carbocycles. The fourth-order valence-corrected chi connectivity index (χ4v) is 4.65. The second kappa shape index (κ2) is 7.96. The van der Waals surface area contributed by atoms with Crippen molar-refractivity contribution in [2.24, 2.45) is 0 Å². The summed E-state index contributed by atoms with van der Waals surface area (Å²) in [7, 11) is 0. The normalized spacial score (nSPS) is 14.8. The molecule has 2 aliphatic rings. The number of nitrogens with zero attached hydrogens (tertiary/aromatic N) is 4. The highest BCUT2D eigenvalue weighted by Gasteiger charge is 2.38. The maximum atomic E-state index is 12.7. The van der Waals surface area contributed by atoms with Gasteiger partial charge in [0, 0.05) is 11.6 Å². The largest absolute Gasteiger partial charge is 0.296 e. The van der Waals surface area contributed by atoms with Crippen molar-refractivity contribution in [1.82, 2.24) is 20.0 Å². The predicted octanol–water partition coefficient (Wildman–Crippen LogP) is 2.59. The van der Waals surface area contributed by atoms with E-state index < -0.39 is 23.6 Å². The van der Waals surface area contributed by atoms with E-state index in [2.05, 4.69) is 15.5 Å². The average Bonchev–Trinajstić information content (AvgIpc) is 3.44. The standard InChI is InChI=1S/C23H17N5O5S/c1-11(2)28-21(32)15-8-7-12(9-16(15)22(28)33)18(29)24-23-26-25-17(34-23)10-27-19(30)13-5-3-4-6-14(13)20(27)31/h3-9,11H,10H2,1-2H3,(H,24,26,29). The Morgan fingerprint density at radius 3 is 2.15 bits per heavy atom. The van der Waals surface area contributed by atoms with E-state index in [1.54, 1.807) is 38.1 Å². The molecular weight excluding hydrogens is 458 g/mol. The highest BCUT2D eigenvalue weighted by atomic mass is 32.1. The number of carbonyl (C=O) groups is 5. The smallest absolute Gasteiger partial charge is 0.261 e. The van der Waals surface area contributed by atoms with Gasteiger partial charge in [-0.05, 0) is 44.2 Å². The van der Waals surface area contributed by atoms with Gasteiger partial charge in [-0.2, -0.15) is 0 Å². The molecule has 5 rings (SSSR count). The minimum absolute atomic E-state index is 0.0691. The van der Waals surface area contributed by atoms with Gasteiger partial charge < -0.3 is 0 Å². The zero-order valence-corrected chi connectivity index (χ0v) is 18.9. The molecule has 0 bridgehead atoms. The van der Waals surface area contributed by atoms with Crippen molar-refractivity contribution in [3.63, 3.8) is 0 Å². The number of carbonyl (C=O) groups excluding carboxylic acids is 5. The lowest BCUT2D eigenvalue weighted by molar-refractivity contribution is 0.0602. The third-order valence-corrected chi connectivity index (χ3v) is 6.38. The van der Waals surface area contributed by atoms with E-state index in [9.17, 15) is 24.0 Å². The zero-order valence-electron chi connectivity index (χ0n) is 18.1. The maximum absolute atomic E-state index is 12.7. The van der Waals surface area contributed by atoms with Gasteiger partial charge in [-0.3, -0.25) is 39.1 Å². The molecule has 0 atom stereocenters. The molecule has 2 aliphatic heterocycles. The highest BCUT2D eigenvalue weighted by molar-refractivity contribution is 7.15. The van der Waals surface area contributed by atoms with Crippen LogP contribution in [0.2, 0.25) is 0 Å². The second-order valence-electron chi connectivity index (χ2n) is 8.03. The van der Waals surface area contributed by atoms with Crippen LogP contribution in [0.1, 0.15) is 70.6 Å². The van der Waals surface area contributed by atoms with Gasteiger partial charge in [-0.25, -0.2) is 0 Å². The first-order valence-corrected chi connectivity index (χ1v) is 11.2. The number of imide groups is 2. The number of hydrogen-bond donors (Lipinski definition) is 1. The third kappa shape index (κ3) is 3.37. The number of anilines is 1. The molecule has 0 saturated carbocycles. The van der Waals surface area contributed by atoms with Crippen LogP contribution in [0.15, 0.2) is 42.5 Å². The minimum atomic E-state index is -0.533. The van der Waals surface area contributed by atoms with Crippen molar-refractivity contribution < 1.29 is 24.0 Å². The van der Waals surface area contributed by atoms with Crippen LogP contribution in [0.3, 0.4) is 0 Å². The summed E-state index contributed by atoms with van der Waals surface area (Å²) in [5.41, 5.74) is 1.30. The summed E-state index contributed by atoms with van der Waals surface area (Å²) in [6.07, 6.45) is 0. The van der Waals surface area contributed by atoms with Gasteiger partial charge in [0.2, 0.25) is 5.13 Å². The van der Waals surface area contributed by atoms with E-state index in [4.69, 9.17) is 0 Å². The molecule has 11 heteroatoms. The van der Waals surface area contributed by atoms with Crippen molar-refractivity contribution in [1.29, 1.82) is 0 Å². The van der Waals surface area contributed by atoms with Crippen LogP contribution < -0.4 is 5.32 Å². The number of aromatic nitrogens is 2. The monoisotopic (exact) mass is 475 g/mol. The molecule has 0 fully saturated rings. The van der Waals surface area contributed by atoms with Crippen molar-refractivity contribution in [3.8, 4) is 0 Å². The van der Waals surface area contributed by atoms with Crippen molar-refractivity contribution >= 4 is 46.0 Å². The lowest BCUT2D eigenvalue weighted by Gasteiger charge is -2.17. The summed E-state index contributed by atoms with van der Waals surface area (Å²) in [6, 6.07) is 10.6. The molecule has 0 radical (unpaired) electrons. The molecule has 10 nitrogen and oxygen atoms in total. The molecule has 0 aliphatic carbocycles. The molecule has 0 unspecified atom stereocenters. The molecular formula is C23H17N5O5S. The Hall–Kier alpha value is -4.25. The summed E-state index contributed by atoms with van der Waals surface area (Å²) in [6.45, 7) is 3.41. The Balaban J connectivity index is 1.30. The first kappa shape index (κ1) is 21.6. The van der Waals surface area contributed by atoms with Crippen molar-refractivity contribution in [3.05, 3.63) is 75.3 Å². The van der Waals surface area contributed by atoms with Crippen LogP contribution in [0.25, 0.3) is 0 Å². The number of hydrogen-bond acceptors (Lipinski definition) is 8. The van der Waals surface area contributed by atoms with Crippen LogP contribution in [0.4, 0.5) is 5.13 Å². The Bertz CT molecular complexity index is 1380. The van der Waals surface area contributed by atoms with E-state index in [0.717, 1.165) is 21.1 Å². The van der Waals surface area contributed by atoms with Crippen LogP contribution in [-0.4, -0.2) is 55.6 Å². The number of nitrogens with one attached hydrogen (secondary N) is 1. The molecule has 1 aromatic heterocycles. The Kier molecular flexibility index (Phi) is 5.05. The quantitative estimate of drug-likeness (QED) is 0.562. The number of benzene rings is 2. The van der Waals surface area contributed by atoms with Crippen LogP contribution >= 0.6 is 11.3 Å². The Morgan fingerprint density at radius 1 is 0.882 bits per heavy atom. The summed E-state index contributed by atoms with van der Waals surface area (Å²) in [5.74, 6) is -2.18. The molecule has 3 aromatic rings. The Morgan fingerprint density at radius 2 is 1.50 bits per heavy atom. The Labute approximate surface area is 197 Å². The topological polar surface area (TPSA) is 130 Å². The molecule has 1 N–H and O–H groups in total. The molecule has 0 saturated heterocycles. The predicted molar refractivity (Wildman–Crippen MR) is 121 cm³/mol. The summed E-state index contributed by atoms with van der Waals surface area (Å²) in [4.78, 5) is 65.0. The first-order chi connectivity index (χ1) is 16.3. The maximum Gasteiger partial charge on any atom is 0.261 e. The van der Waals surface area contributed by atoms with E-state index in [0.29, 0.717) is 16.1 Å². The van der Waals surface area contributed by atoms with Gasteiger partial charge in [0.15, 0.2) is 0 Å². The fourth-order valence-electron chi connectivity index (χ4n) is 3.93. The van der Waals surface area contributed by atoms with E-state index in [1.807, 2.05) is 0 Å². The molecule has 0 spiro atoms. The van der Waals surface area contributed by atoms with E-state index in [-0.39, 0.29) is 40.3 Å². The van der Waals surface area contributed by atoms with Crippen LogP contribution in [0.5, 0.6) is 0 Å². The van der Waals surface area contributed by atoms with Crippen molar-refractivity contribution in [2.45, 2.75) is 26.4 Å². The molecule has 34 heavy (non-hydrogen) atoms. The third-order valence-electron chi connectivity index (χ3n) is 5.56. The van der Waals surface area contributed by atoms with Gasteiger partial charge in [0.25, 0.3) is 29.5 Å². The molecule has 170 valence electrons. The molecule has 3 heterocycles. The van der Waals surface area contributed by atoms with Gasteiger partial charge in [0.1, 0.15) is 5.01 Å². The highest BCUT2D eigenvalue weighted by Crippen LogP contribution is 2.28. The summed E-state index contributed by atoms with van der Waals surface area (Å²) >= 11 is 1.03. The minimum Gasteiger partial charge on any atom is -0.296 e. The molecule has 5 amide bonds. The zero-order chi connectivity index (χ0) is 24.1. The second-order valence-corrected chi connectivity index (χ2v) is 9.09. The summed E-state index contributed by atoms with van der Waals surface area (Å²) < 4.78 is 0. The number of rotatable bonds is 5. The fraction of sp³-hybridized carbons (Fsp3) is 0.174. The van der Waals surface area contributed by atoms with Crippen LogP contribution in [-0.2, 0) is 6.54 Å².